The molecule has 3 N–H and O–H groups in total. The lowest BCUT2D eigenvalue weighted by Gasteiger charge is -2.45. The van der Waals surface area contributed by atoms with Gasteiger partial charge in [-0.25, -0.2) is 0 Å². The van der Waals surface area contributed by atoms with Crippen LogP contribution in [-0.2, 0) is 9.47 Å². The van der Waals surface area contributed by atoms with Gasteiger partial charge >= 0.3 is 0 Å². The summed E-state index contributed by atoms with van der Waals surface area (Å²) in [6.07, 6.45) is 5.80. The molecular weight excluding hydrogens is 272 g/mol. The molecule has 0 radical (unpaired) electrons. The van der Waals surface area contributed by atoms with Crippen molar-refractivity contribution in [2.45, 2.75) is 50.7 Å². The van der Waals surface area contributed by atoms with Gasteiger partial charge < -0.3 is 9.47 Å². The lowest BCUT2D eigenvalue weighted by molar-refractivity contribution is -0.108. The van der Waals surface area contributed by atoms with E-state index in [1.807, 2.05) is 0 Å². The largest absolute Gasteiger partial charge is 0.384 e. The van der Waals surface area contributed by atoms with E-state index in [0.717, 1.165) is 26.1 Å². The molecule has 2 heterocycles. The Morgan fingerprint density at radius 3 is 2.85 bits per heavy atom. The number of thioether (sulfide) groups is 1. The van der Waals surface area contributed by atoms with Crippen LogP contribution in [0.3, 0.4) is 0 Å². The van der Waals surface area contributed by atoms with Crippen LogP contribution in [0.15, 0.2) is 0 Å². The Balaban J connectivity index is 1.91. The van der Waals surface area contributed by atoms with Crippen LogP contribution in [0.5, 0.6) is 0 Å². The van der Waals surface area contributed by atoms with Crippen LogP contribution in [0.1, 0.15) is 39.0 Å². The van der Waals surface area contributed by atoms with E-state index >= 15 is 0 Å². The van der Waals surface area contributed by atoms with Crippen molar-refractivity contribution in [3.05, 3.63) is 0 Å². The molecule has 0 aliphatic carbocycles. The maximum atomic E-state index is 6.18. The van der Waals surface area contributed by atoms with Crippen molar-refractivity contribution in [1.82, 2.24) is 5.43 Å². The van der Waals surface area contributed by atoms with E-state index in [0.29, 0.717) is 17.9 Å². The van der Waals surface area contributed by atoms with Crippen LogP contribution >= 0.6 is 11.8 Å². The monoisotopic (exact) mass is 302 g/mol. The average Bonchev–Trinajstić information content (AvgIpc) is 2.46. The van der Waals surface area contributed by atoms with Gasteiger partial charge in [-0.1, -0.05) is 6.92 Å². The second kappa shape index (κ2) is 7.99. The second-order valence-corrected chi connectivity index (χ2v) is 7.69. The Kier molecular flexibility index (Phi) is 6.62. The molecule has 0 aromatic heterocycles. The van der Waals surface area contributed by atoms with Crippen molar-refractivity contribution in [2.75, 3.05) is 31.8 Å². The molecule has 2 saturated heterocycles. The number of hydrogen-bond acceptors (Lipinski definition) is 5. The molecule has 20 heavy (non-hydrogen) atoms. The zero-order valence-corrected chi connectivity index (χ0v) is 13.7. The fourth-order valence-electron chi connectivity index (χ4n) is 3.68. The summed E-state index contributed by atoms with van der Waals surface area (Å²) in [7, 11) is 1.77. The molecule has 0 bridgehead atoms. The summed E-state index contributed by atoms with van der Waals surface area (Å²) in [5, 5.41) is 0. The summed E-state index contributed by atoms with van der Waals surface area (Å²) >= 11 is 2.06. The van der Waals surface area contributed by atoms with Crippen molar-refractivity contribution in [3.63, 3.8) is 0 Å². The number of methoxy groups -OCH3 is 1. The minimum atomic E-state index is 0.147. The smallest absolute Gasteiger partial charge is 0.0701 e. The van der Waals surface area contributed by atoms with E-state index in [4.69, 9.17) is 15.3 Å². The summed E-state index contributed by atoms with van der Waals surface area (Å²) in [5.41, 5.74) is 3.21. The van der Waals surface area contributed by atoms with Crippen molar-refractivity contribution in [3.8, 4) is 0 Å². The first-order valence-electron chi connectivity index (χ1n) is 7.86. The van der Waals surface area contributed by atoms with Crippen LogP contribution in [-0.4, -0.2) is 43.5 Å². The molecule has 2 aliphatic rings. The molecule has 0 amide bonds. The molecule has 2 fully saturated rings. The highest BCUT2D eigenvalue weighted by atomic mass is 32.2. The van der Waals surface area contributed by atoms with Gasteiger partial charge in [0.05, 0.1) is 5.60 Å². The van der Waals surface area contributed by atoms with Gasteiger partial charge in [0.25, 0.3) is 0 Å². The standard InChI is InChI=1S/C15H30N2O2S/c1-12(11-18-2)9-14(17-16)13-3-6-19-15(10-13)4-7-20-8-5-15/h12-14,17H,3-11,16H2,1-2H3. The molecule has 3 unspecified atom stereocenters. The average molecular weight is 302 g/mol. The van der Waals surface area contributed by atoms with Gasteiger partial charge in [-0.15, -0.1) is 0 Å². The number of nitrogens with one attached hydrogen (secondary N) is 1. The van der Waals surface area contributed by atoms with Gasteiger partial charge in [-0.05, 0) is 55.4 Å². The summed E-state index contributed by atoms with van der Waals surface area (Å²) in [6.45, 7) is 3.94. The summed E-state index contributed by atoms with van der Waals surface area (Å²) in [5.74, 6) is 9.50. The third-order valence-corrected chi connectivity index (χ3v) is 5.81. The molecular formula is C15H30N2O2S. The molecule has 4 nitrogen and oxygen atoms in total. The predicted octanol–water partition coefficient (Wildman–Crippen LogP) is 2.18. The number of rotatable bonds is 6. The number of nitrogens with two attached hydrogens (primary N) is 1. The first-order chi connectivity index (χ1) is 9.69. The van der Waals surface area contributed by atoms with Crippen molar-refractivity contribution < 1.29 is 9.47 Å². The van der Waals surface area contributed by atoms with E-state index < -0.39 is 0 Å². The quantitative estimate of drug-likeness (QED) is 0.582. The van der Waals surface area contributed by atoms with Crippen LogP contribution in [0, 0.1) is 11.8 Å². The van der Waals surface area contributed by atoms with Crippen LogP contribution < -0.4 is 11.3 Å². The van der Waals surface area contributed by atoms with Gasteiger partial charge in [-0.2, -0.15) is 11.8 Å². The minimum absolute atomic E-state index is 0.147. The molecule has 118 valence electrons. The molecule has 0 saturated carbocycles. The van der Waals surface area contributed by atoms with Crippen LogP contribution in [0.25, 0.3) is 0 Å². The Hall–Kier alpha value is 0.190. The van der Waals surface area contributed by atoms with Crippen molar-refractivity contribution in [2.24, 2.45) is 17.7 Å². The highest BCUT2D eigenvalue weighted by Gasteiger charge is 2.40. The highest BCUT2D eigenvalue weighted by molar-refractivity contribution is 7.99. The zero-order chi connectivity index (χ0) is 14.4. The maximum Gasteiger partial charge on any atom is 0.0701 e. The Morgan fingerprint density at radius 2 is 2.20 bits per heavy atom. The first-order valence-corrected chi connectivity index (χ1v) is 9.01. The molecule has 2 aliphatic heterocycles. The van der Waals surface area contributed by atoms with Crippen LogP contribution in [0.2, 0.25) is 0 Å². The fraction of sp³-hybridized carbons (Fsp3) is 1.00. The van der Waals surface area contributed by atoms with E-state index in [-0.39, 0.29) is 5.60 Å². The zero-order valence-electron chi connectivity index (χ0n) is 12.9. The van der Waals surface area contributed by atoms with E-state index in [1.54, 1.807) is 7.11 Å². The van der Waals surface area contributed by atoms with E-state index in [9.17, 15) is 0 Å². The first kappa shape index (κ1) is 16.6. The highest BCUT2D eigenvalue weighted by Crippen LogP contribution is 2.41. The maximum absolute atomic E-state index is 6.18. The van der Waals surface area contributed by atoms with Gasteiger partial charge in [0.15, 0.2) is 0 Å². The molecule has 0 aromatic carbocycles. The third kappa shape index (κ3) is 4.34. The summed E-state index contributed by atoms with van der Waals surface area (Å²) < 4.78 is 11.4. The molecule has 1 spiro atoms. The number of ether oxygens (including phenoxy) is 2. The van der Waals surface area contributed by atoms with Gasteiger partial charge in [0, 0.05) is 26.4 Å². The normalized spacial score (nSPS) is 29.2. The fourth-order valence-corrected chi connectivity index (χ4v) is 4.92. The van der Waals surface area contributed by atoms with Crippen LogP contribution in [0.4, 0.5) is 0 Å². The lowest BCUT2D eigenvalue weighted by Crippen LogP contribution is -2.50. The molecule has 5 heteroatoms. The SMILES string of the molecule is COCC(C)CC(NN)C1CCOC2(CCSCC2)C1. The van der Waals surface area contributed by atoms with E-state index in [1.165, 1.54) is 30.8 Å². The molecule has 2 rings (SSSR count). The predicted molar refractivity (Wildman–Crippen MR) is 84.7 cm³/mol. The summed E-state index contributed by atoms with van der Waals surface area (Å²) in [4.78, 5) is 0. The second-order valence-electron chi connectivity index (χ2n) is 6.47. The van der Waals surface area contributed by atoms with Crippen molar-refractivity contribution in [1.29, 1.82) is 0 Å². The molecule has 0 aromatic rings. The molecule has 3 atom stereocenters. The van der Waals surface area contributed by atoms with E-state index in [2.05, 4.69) is 24.1 Å². The topological polar surface area (TPSA) is 56.5 Å². The number of hydrogen-bond donors (Lipinski definition) is 2. The Labute approximate surface area is 127 Å². The third-order valence-electron chi connectivity index (χ3n) is 4.83. The lowest BCUT2D eigenvalue weighted by atomic mass is 9.77. The van der Waals surface area contributed by atoms with Gasteiger partial charge in [0.2, 0.25) is 0 Å². The summed E-state index contributed by atoms with van der Waals surface area (Å²) in [6, 6.07) is 0.385. The Morgan fingerprint density at radius 1 is 1.45 bits per heavy atom. The van der Waals surface area contributed by atoms with Gasteiger partial charge in [0.1, 0.15) is 0 Å². The Bertz CT molecular complexity index is 280. The van der Waals surface area contributed by atoms with Gasteiger partial charge in [-0.3, -0.25) is 11.3 Å². The number of hydrazine groups is 1. The minimum Gasteiger partial charge on any atom is -0.384 e. The van der Waals surface area contributed by atoms with Crippen molar-refractivity contribution >= 4 is 11.8 Å².